The summed E-state index contributed by atoms with van der Waals surface area (Å²) in [6.45, 7) is 1.90. The van der Waals surface area contributed by atoms with Gasteiger partial charge in [-0.05, 0) is 37.1 Å². The highest BCUT2D eigenvalue weighted by Crippen LogP contribution is 2.14. The average molecular weight is 306 g/mol. The largest absolute Gasteiger partial charge is 0.279 e. The normalized spacial score (nSPS) is 10.2. The van der Waals surface area contributed by atoms with Gasteiger partial charge in [0, 0.05) is 11.3 Å². The van der Waals surface area contributed by atoms with E-state index in [0.717, 1.165) is 4.88 Å². The number of rotatable bonds is 4. The molecule has 1 aromatic carbocycles. The lowest BCUT2D eigenvalue weighted by Crippen LogP contribution is -2.41. The van der Waals surface area contributed by atoms with Gasteiger partial charge >= 0.3 is 0 Å². The molecule has 0 spiro atoms. The minimum absolute atomic E-state index is 0.102. The second-order valence-corrected chi connectivity index (χ2v) is 5.79. The van der Waals surface area contributed by atoms with Crippen molar-refractivity contribution in [3.8, 4) is 0 Å². The molecule has 2 N–H and O–H groups in total. The van der Waals surface area contributed by atoms with Gasteiger partial charge in [0.1, 0.15) is 5.82 Å². The number of nitrogens with one attached hydrogen (secondary N) is 2. The van der Waals surface area contributed by atoms with Crippen molar-refractivity contribution in [2.75, 3.05) is 0 Å². The Morgan fingerprint density at radius 2 is 1.90 bits per heavy atom. The first-order valence-corrected chi connectivity index (χ1v) is 7.27. The zero-order valence-electron chi connectivity index (χ0n) is 11.5. The van der Waals surface area contributed by atoms with Crippen LogP contribution in [0.5, 0.6) is 0 Å². The van der Waals surface area contributed by atoms with Crippen LogP contribution in [0.1, 0.15) is 26.5 Å². The molecule has 1 heterocycles. The second kappa shape index (κ2) is 6.99. The number of hydrogen-bond donors (Lipinski definition) is 2. The summed E-state index contributed by atoms with van der Waals surface area (Å²) in [5.74, 6) is -1.05. The first-order valence-electron chi connectivity index (χ1n) is 6.45. The predicted octanol–water partition coefficient (Wildman–Crippen LogP) is 2.59. The fourth-order valence-corrected chi connectivity index (χ4v) is 2.52. The van der Waals surface area contributed by atoms with E-state index in [-0.39, 0.29) is 30.5 Å². The van der Waals surface area contributed by atoms with Gasteiger partial charge < -0.3 is 0 Å². The van der Waals surface area contributed by atoms with E-state index in [9.17, 15) is 14.0 Å². The highest BCUT2D eigenvalue weighted by Gasteiger charge is 2.10. The van der Waals surface area contributed by atoms with Gasteiger partial charge in [-0.2, -0.15) is 0 Å². The number of hydrogen-bond acceptors (Lipinski definition) is 3. The number of halogens is 1. The highest BCUT2D eigenvalue weighted by atomic mass is 32.1. The molecule has 0 bridgehead atoms. The van der Waals surface area contributed by atoms with E-state index in [1.54, 1.807) is 24.3 Å². The summed E-state index contributed by atoms with van der Waals surface area (Å²) in [6.07, 6.45) is 0.386. The van der Waals surface area contributed by atoms with Crippen molar-refractivity contribution >= 4 is 23.2 Å². The van der Waals surface area contributed by atoms with Crippen LogP contribution >= 0.6 is 11.3 Å². The number of amides is 2. The minimum atomic E-state index is -0.361. The lowest BCUT2D eigenvalue weighted by atomic mass is 10.1. The third-order valence-electron chi connectivity index (χ3n) is 2.86. The van der Waals surface area contributed by atoms with Crippen molar-refractivity contribution in [2.45, 2.75) is 19.8 Å². The Labute approximate surface area is 126 Å². The maximum atomic E-state index is 13.4. The van der Waals surface area contributed by atoms with Gasteiger partial charge in [0.15, 0.2) is 0 Å². The number of thiophene rings is 1. The van der Waals surface area contributed by atoms with Crippen molar-refractivity contribution in [1.29, 1.82) is 0 Å². The molecule has 0 aliphatic heterocycles. The molecule has 0 aliphatic carbocycles. The van der Waals surface area contributed by atoms with Crippen LogP contribution in [0.3, 0.4) is 0 Å². The van der Waals surface area contributed by atoms with E-state index in [4.69, 9.17) is 0 Å². The molecule has 6 heteroatoms. The van der Waals surface area contributed by atoms with E-state index in [1.807, 2.05) is 13.0 Å². The number of aryl methyl sites for hydroxylation is 2. The van der Waals surface area contributed by atoms with E-state index in [2.05, 4.69) is 10.9 Å². The summed E-state index contributed by atoms with van der Waals surface area (Å²) in [6, 6.07) is 9.84. The molecule has 2 amide bonds. The predicted molar refractivity (Wildman–Crippen MR) is 79.4 cm³/mol. The van der Waals surface area contributed by atoms with Crippen LogP contribution in [-0.4, -0.2) is 11.8 Å². The van der Waals surface area contributed by atoms with E-state index < -0.39 is 0 Å². The fourth-order valence-electron chi connectivity index (χ4n) is 1.76. The van der Waals surface area contributed by atoms with Crippen molar-refractivity contribution in [1.82, 2.24) is 10.9 Å². The Hall–Kier alpha value is -2.21. The lowest BCUT2D eigenvalue weighted by molar-refractivity contribution is -0.121. The van der Waals surface area contributed by atoms with Gasteiger partial charge in [-0.15, -0.1) is 11.3 Å². The molecule has 0 atom stereocenters. The van der Waals surface area contributed by atoms with Crippen molar-refractivity contribution in [3.63, 3.8) is 0 Å². The summed E-state index contributed by atoms with van der Waals surface area (Å²) in [4.78, 5) is 24.9. The molecular formula is C15H15FN2O2S. The monoisotopic (exact) mass is 306 g/mol. The van der Waals surface area contributed by atoms with Gasteiger partial charge in [0.05, 0.1) is 4.88 Å². The molecule has 0 unspecified atom stereocenters. The van der Waals surface area contributed by atoms with Crippen LogP contribution in [0.2, 0.25) is 0 Å². The molecule has 0 aliphatic rings. The summed E-state index contributed by atoms with van der Waals surface area (Å²) in [5, 5.41) is 0. The molecule has 4 nitrogen and oxygen atoms in total. The van der Waals surface area contributed by atoms with Crippen LogP contribution in [0, 0.1) is 12.7 Å². The topological polar surface area (TPSA) is 58.2 Å². The van der Waals surface area contributed by atoms with Crippen molar-refractivity contribution in [3.05, 3.63) is 57.5 Å². The number of carbonyl (C=O) groups is 2. The SMILES string of the molecule is Cc1ccc(C(=O)NNC(=O)CCc2ccccc2F)s1. The Morgan fingerprint density at radius 3 is 2.57 bits per heavy atom. The van der Waals surface area contributed by atoms with Crippen LogP contribution in [0.25, 0.3) is 0 Å². The van der Waals surface area contributed by atoms with Crippen LogP contribution in [0.4, 0.5) is 4.39 Å². The quantitative estimate of drug-likeness (QED) is 0.853. The van der Waals surface area contributed by atoms with Gasteiger partial charge in [0.2, 0.25) is 5.91 Å². The number of hydrazine groups is 1. The molecule has 0 radical (unpaired) electrons. The highest BCUT2D eigenvalue weighted by molar-refractivity contribution is 7.13. The summed E-state index contributed by atoms with van der Waals surface area (Å²) < 4.78 is 13.4. The van der Waals surface area contributed by atoms with Crippen molar-refractivity contribution in [2.24, 2.45) is 0 Å². The van der Waals surface area contributed by atoms with Crippen LogP contribution in [0.15, 0.2) is 36.4 Å². The minimum Gasteiger partial charge on any atom is -0.273 e. The Balaban J connectivity index is 1.78. The maximum Gasteiger partial charge on any atom is 0.279 e. The second-order valence-electron chi connectivity index (χ2n) is 4.50. The van der Waals surface area contributed by atoms with E-state index >= 15 is 0 Å². The van der Waals surface area contributed by atoms with E-state index in [1.165, 1.54) is 17.4 Å². The van der Waals surface area contributed by atoms with Crippen molar-refractivity contribution < 1.29 is 14.0 Å². The summed E-state index contributed by atoms with van der Waals surface area (Å²) in [5.41, 5.74) is 5.15. The Bertz CT molecular complexity index is 655. The Kier molecular flexibility index (Phi) is 5.05. The zero-order valence-corrected chi connectivity index (χ0v) is 12.3. The van der Waals surface area contributed by atoms with Crippen LogP contribution in [-0.2, 0) is 11.2 Å². The van der Waals surface area contributed by atoms with Crippen LogP contribution < -0.4 is 10.9 Å². The fraction of sp³-hybridized carbons (Fsp3) is 0.200. The average Bonchev–Trinajstić information content (AvgIpc) is 2.90. The zero-order chi connectivity index (χ0) is 15.2. The van der Waals surface area contributed by atoms with Gasteiger partial charge in [-0.1, -0.05) is 18.2 Å². The molecule has 0 saturated heterocycles. The third-order valence-corrected chi connectivity index (χ3v) is 3.86. The molecule has 0 saturated carbocycles. The smallest absolute Gasteiger partial charge is 0.273 e. The molecule has 21 heavy (non-hydrogen) atoms. The molecule has 1 aromatic heterocycles. The van der Waals surface area contributed by atoms with Gasteiger partial charge in [0.25, 0.3) is 5.91 Å². The van der Waals surface area contributed by atoms with E-state index in [0.29, 0.717) is 10.4 Å². The summed E-state index contributed by atoms with van der Waals surface area (Å²) in [7, 11) is 0. The third kappa shape index (κ3) is 4.39. The number of benzene rings is 1. The first-order chi connectivity index (χ1) is 10.1. The number of carbonyl (C=O) groups excluding carboxylic acids is 2. The maximum absolute atomic E-state index is 13.4. The molecule has 0 fully saturated rings. The summed E-state index contributed by atoms with van der Waals surface area (Å²) >= 11 is 1.35. The molecular weight excluding hydrogens is 291 g/mol. The standard InChI is InChI=1S/C15H15FN2O2S/c1-10-6-8-13(21-10)15(20)18-17-14(19)9-7-11-4-2-3-5-12(11)16/h2-6,8H,7,9H2,1H3,(H,17,19)(H,18,20). The van der Waals surface area contributed by atoms with Gasteiger partial charge in [-0.3, -0.25) is 20.4 Å². The van der Waals surface area contributed by atoms with Gasteiger partial charge in [-0.25, -0.2) is 4.39 Å². The molecule has 110 valence electrons. The lowest BCUT2D eigenvalue weighted by Gasteiger charge is -2.06. The molecule has 2 rings (SSSR count). The first kappa shape index (κ1) is 15.2. The molecule has 2 aromatic rings. The Morgan fingerprint density at radius 1 is 1.14 bits per heavy atom.